The van der Waals surface area contributed by atoms with Crippen LogP contribution in [0, 0.1) is 13.8 Å². The van der Waals surface area contributed by atoms with Crippen LogP contribution in [0.25, 0.3) is 0 Å². The molecule has 0 spiro atoms. The number of alkyl halides is 2. The van der Waals surface area contributed by atoms with E-state index < -0.39 is 15.6 Å². The van der Waals surface area contributed by atoms with E-state index in [2.05, 4.69) is 0 Å². The van der Waals surface area contributed by atoms with E-state index in [0.29, 0.717) is 5.56 Å². The number of hydrogen-bond donors (Lipinski definition) is 0. The summed E-state index contributed by atoms with van der Waals surface area (Å²) >= 11 is 0. The third-order valence-corrected chi connectivity index (χ3v) is 3.42. The lowest BCUT2D eigenvalue weighted by Gasteiger charge is -2.05. The predicted molar refractivity (Wildman–Crippen MR) is 49.1 cm³/mol. The highest BCUT2D eigenvalue weighted by atomic mass is 32.2. The van der Waals surface area contributed by atoms with Crippen LogP contribution >= 0.6 is 0 Å². The number of halogens is 2. The van der Waals surface area contributed by atoms with Crippen LogP contribution < -0.4 is 0 Å². The van der Waals surface area contributed by atoms with Gasteiger partial charge in [0.05, 0.1) is 4.90 Å². The van der Waals surface area contributed by atoms with Gasteiger partial charge in [-0.25, -0.2) is 8.42 Å². The van der Waals surface area contributed by atoms with Gasteiger partial charge in [-0.2, -0.15) is 8.78 Å². The first-order valence-corrected chi connectivity index (χ1v) is 5.49. The minimum Gasteiger partial charge on any atom is -0.218 e. The van der Waals surface area contributed by atoms with E-state index in [0.717, 1.165) is 5.56 Å². The third-order valence-electron chi connectivity index (χ3n) is 2.04. The fourth-order valence-electron chi connectivity index (χ4n) is 0.994. The van der Waals surface area contributed by atoms with Crippen molar-refractivity contribution in [1.82, 2.24) is 0 Å². The van der Waals surface area contributed by atoms with E-state index >= 15 is 0 Å². The minimum atomic E-state index is -4.45. The summed E-state index contributed by atoms with van der Waals surface area (Å²) < 4.78 is 46.4. The van der Waals surface area contributed by atoms with Crippen molar-refractivity contribution < 1.29 is 17.2 Å². The van der Waals surface area contributed by atoms with E-state index in [-0.39, 0.29) is 4.90 Å². The Kier molecular flexibility index (Phi) is 2.89. The molecule has 0 fully saturated rings. The average molecular weight is 220 g/mol. The fraction of sp³-hybridized carbons (Fsp3) is 0.333. The Hall–Kier alpha value is -0.970. The van der Waals surface area contributed by atoms with Crippen molar-refractivity contribution in [1.29, 1.82) is 0 Å². The van der Waals surface area contributed by atoms with E-state index in [9.17, 15) is 17.2 Å². The zero-order chi connectivity index (χ0) is 10.9. The van der Waals surface area contributed by atoms with Gasteiger partial charge in [0.1, 0.15) is 0 Å². The maximum absolute atomic E-state index is 12.1. The average Bonchev–Trinajstić information content (AvgIpc) is 2.09. The highest BCUT2D eigenvalue weighted by Gasteiger charge is 2.26. The van der Waals surface area contributed by atoms with Crippen LogP contribution in [0.3, 0.4) is 0 Å². The second-order valence-corrected chi connectivity index (χ2v) is 4.97. The largest absolute Gasteiger partial charge is 0.341 e. The molecule has 1 rings (SSSR count). The summed E-state index contributed by atoms with van der Waals surface area (Å²) in [4.78, 5) is -0.324. The Labute approximate surface area is 81.5 Å². The van der Waals surface area contributed by atoms with E-state index in [1.54, 1.807) is 13.8 Å². The molecule has 0 saturated carbocycles. The quantitative estimate of drug-likeness (QED) is 0.766. The number of sulfone groups is 1. The lowest BCUT2D eigenvalue weighted by molar-refractivity contribution is 0.234. The fourth-order valence-corrected chi connectivity index (χ4v) is 1.80. The molecule has 0 bridgehead atoms. The number of rotatable bonds is 2. The first-order chi connectivity index (χ1) is 6.35. The maximum Gasteiger partial charge on any atom is 0.341 e. The van der Waals surface area contributed by atoms with Gasteiger partial charge < -0.3 is 0 Å². The van der Waals surface area contributed by atoms with Crippen molar-refractivity contribution in [3.63, 3.8) is 0 Å². The second-order valence-electron chi connectivity index (χ2n) is 3.05. The van der Waals surface area contributed by atoms with Crippen molar-refractivity contribution in [2.75, 3.05) is 0 Å². The molecule has 0 heterocycles. The lowest BCUT2D eigenvalue weighted by atomic mass is 10.1. The van der Waals surface area contributed by atoms with Gasteiger partial charge in [-0.3, -0.25) is 0 Å². The summed E-state index contributed by atoms with van der Waals surface area (Å²) in [7, 11) is -4.45. The van der Waals surface area contributed by atoms with Crippen LogP contribution in [0.4, 0.5) is 8.78 Å². The molecular weight excluding hydrogens is 210 g/mol. The molecule has 0 radical (unpaired) electrons. The van der Waals surface area contributed by atoms with Crippen LogP contribution in [-0.2, 0) is 9.84 Å². The molecule has 0 saturated heterocycles. The molecule has 1 aromatic carbocycles. The number of aryl methyl sites for hydroxylation is 2. The summed E-state index contributed by atoms with van der Waals surface area (Å²) in [5.41, 5.74) is 1.56. The summed E-state index contributed by atoms with van der Waals surface area (Å²) in [5.74, 6) is -3.36. The van der Waals surface area contributed by atoms with Gasteiger partial charge in [-0.1, -0.05) is 6.07 Å². The van der Waals surface area contributed by atoms with Crippen molar-refractivity contribution in [2.24, 2.45) is 0 Å². The van der Waals surface area contributed by atoms with Gasteiger partial charge in [-0.05, 0) is 37.1 Å². The van der Waals surface area contributed by atoms with Gasteiger partial charge in [-0.15, -0.1) is 0 Å². The normalized spacial score (nSPS) is 12.1. The molecule has 0 amide bonds. The van der Waals surface area contributed by atoms with Crippen LogP contribution in [0.1, 0.15) is 11.1 Å². The molecule has 0 aliphatic rings. The van der Waals surface area contributed by atoms with Crippen LogP contribution in [0.15, 0.2) is 23.1 Å². The summed E-state index contributed by atoms with van der Waals surface area (Å²) in [5, 5.41) is 0. The summed E-state index contributed by atoms with van der Waals surface area (Å²) in [6.45, 7) is 3.47. The summed E-state index contributed by atoms with van der Waals surface area (Å²) in [6, 6.07) is 3.98. The molecule has 1 aromatic rings. The molecule has 0 atom stereocenters. The van der Waals surface area contributed by atoms with Crippen molar-refractivity contribution in [2.45, 2.75) is 24.5 Å². The molecule has 2 nitrogen and oxygen atoms in total. The Balaban J connectivity index is 3.29. The van der Waals surface area contributed by atoms with Crippen molar-refractivity contribution >= 4 is 9.84 Å². The van der Waals surface area contributed by atoms with Crippen LogP contribution in [-0.4, -0.2) is 14.2 Å². The Bertz CT molecular complexity index is 438. The standard InChI is InChI=1S/C9H10F2O2S/c1-6-3-4-8(5-7(6)2)14(12,13)9(10)11/h3-5,9H,1-2H3. The number of benzene rings is 1. The SMILES string of the molecule is Cc1ccc(S(=O)(=O)C(F)F)cc1C. The van der Waals surface area contributed by atoms with Gasteiger partial charge in [0.25, 0.3) is 0 Å². The maximum atomic E-state index is 12.1. The summed E-state index contributed by atoms with van der Waals surface area (Å²) in [6.07, 6.45) is 0. The Morgan fingerprint density at radius 3 is 2.14 bits per heavy atom. The molecule has 0 unspecified atom stereocenters. The smallest absolute Gasteiger partial charge is 0.218 e. The zero-order valence-corrected chi connectivity index (χ0v) is 8.61. The topological polar surface area (TPSA) is 34.1 Å². The number of hydrogen-bond acceptors (Lipinski definition) is 2. The lowest BCUT2D eigenvalue weighted by Crippen LogP contribution is -2.11. The zero-order valence-electron chi connectivity index (χ0n) is 7.79. The molecule has 78 valence electrons. The minimum absolute atomic E-state index is 0.324. The third kappa shape index (κ3) is 1.92. The Morgan fingerprint density at radius 2 is 1.71 bits per heavy atom. The monoisotopic (exact) mass is 220 g/mol. The highest BCUT2D eigenvalue weighted by Crippen LogP contribution is 2.20. The molecule has 0 aliphatic heterocycles. The first kappa shape index (κ1) is 11.1. The highest BCUT2D eigenvalue weighted by molar-refractivity contribution is 7.91. The van der Waals surface area contributed by atoms with E-state index in [4.69, 9.17) is 0 Å². The van der Waals surface area contributed by atoms with Crippen LogP contribution in [0.5, 0.6) is 0 Å². The molecule has 0 aliphatic carbocycles. The van der Waals surface area contributed by atoms with Gasteiger partial charge in [0.2, 0.25) is 9.84 Å². The van der Waals surface area contributed by atoms with Gasteiger partial charge >= 0.3 is 5.76 Å². The molecule has 0 aromatic heterocycles. The van der Waals surface area contributed by atoms with Crippen molar-refractivity contribution in [3.05, 3.63) is 29.3 Å². The van der Waals surface area contributed by atoms with Crippen LogP contribution in [0.2, 0.25) is 0 Å². The van der Waals surface area contributed by atoms with Gasteiger partial charge in [0.15, 0.2) is 0 Å². The van der Waals surface area contributed by atoms with Gasteiger partial charge in [0, 0.05) is 0 Å². The molecule has 5 heteroatoms. The van der Waals surface area contributed by atoms with E-state index in [1.807, 2.05) is 0 Å². The molecule has 0 N–H and O–H groups in total. The van der Waals surface area contributed by atoms with Crippen molar-refractivity contribution in [3.8, 4) is 0 Å². The Morgan fingerprint density at radius 1 is 1.14 bits per heavy atom. The first-order valence-electron chi connectivity index (χ1n) is 3.95. The predicted octanol–water partition coefficient (Wildman–Crippen LogP) is 2.30. The molecular formula is C9H10F2O2S. The van der Waals surface area contributed by atoms with E-state index in [1.165, 1.54) is 18.2 Å². The second kappa shape index (κ2) is 3.65. The molecule has 14 heavy (non-hydrogen) atoms.